The molecule has 0 saturated heterocycles. The summed E-state index contributed by atoms with van der Waals surface area (Å²) in [4.78, 5) is 15.7. The Morgan fingerprint density at radius 3 is 3.00 bits per heavy atom. The van der Waals surface area contributed by atoms with E-state index in [1.165, 1.54) is 0 Å². The first-order valence-electron chi connectivity index (χ1n) is 4.25. The molecule has 2 atom stereocenters. The van der Waals surface area contributed by atoms with Crippen LogP contribution in [0.25, 0.3) is 0 Å². The number of dihydropyridines is 1. The minimum absolute atomic E-state index is 0.342. The molecule has 14 heavy (non-hydrogen) atoms. The fourth-order valence-electron chi connectivity index (χ4n) is 1.15. The molecule has 3 nitrogen and oxygen atoms in total. The molecule has 5 heteroatoms. The van der Waals surface area contributed by atoms with Gasteiger partial charge in [0.25, 0.3) is 0 Å². The van der Waals surface area contributed by atoms with Crippen LogP contribution in [0.3, 0.4) is 0 Å². The van der Waals surface area contributed by atoms with Gasteiger partial charge in [-0.05, 0) is 13.0 Å². The van der Waals surface area contributed by atoms with Crippen LogP contribution in [-0.2, 0) is 9.53 Å². The molecule has 1 aliphatic heterocycles. The van der Waals surface area contributed by atoms with Crippen LogP contribution >= 0.6 is 27.5 Å². The van der Waals surface area contributed by atoms with Gasteiger partial charge in [0.05, 0.1) is 6.61 Å². The molecule has 2 unspecified atom stereocenters. The van der Waals surface area contributed by atoms with Gasteiger partial charge >= 0.3 is 5.97 Å². The van der Waals surface area contributed by atoms with Gasteiger partial charge in [-0.3, -0.25) is 9.79 Å². The number of ether oxygens (including phenoxy) is 1. The summed E-state index contributed by atoms with van der Waals surface area (Å²) in [6, 6.07) is 0. The smallest absolute Gasteiger partial charge is 0.320 e. The fraction of sp³-hybridized carbons (Fsp3) is 0.556. The Balaban J connectivity index is 2.90. The number of alkyl halides is 2. The summed E-state index contributed by atoms with van der Waals surface area (Å²) in [5.41, 5.74) is -1.47. The molecule has 0 spiro atoms. The number of carbonyl (C=O) groups excluding carboxylic acids is 1. The average molecular weight is 281 g/mol. The minimum Gasteiger partial charge on any atom is -0.465 e. The van der Waals surface area contributed by atoms with Crippen molar-refractivity contribution in [3.63, 3.8) is 0 Å². The number of halogens is 2. The van der Waals surface area contributed by atoms with Crippen molar-refractivity contribution >= 4 is 39.7 Å². The highest BCUT2D eigenvalue weighted by molar-refractivity contribution is 9.09. The van der Waals surface area contributed by atoms with Crippen LogP contribution < -0.4 is 0 Å². The highest BCUT2D eigenvalue weighted by Gasteiger charge is 2.44. The van der Waals surface area contributed by atoms with Crippen LogP contribution in [0.1, 0.15) is 6.92 Å². The van der Waals surface area contributed by atoms with Crippen LogP contribution in [-0.4, -0.2) is 29.6 Å². The van der Waals surface area contributed by atoms with Crippen molar-refractivity contribution in [1.29, 1.82) is 0 Å². The van der Waals surface area contributed by atoms with Crippen LogP contribution in [0.15, 0.2) is 17.1 Å². The Morgan fingerprint density at radius 1 is 1.79 bits per heavy atom. The molecule has 1 heterocycles. The van der Waals surface area contributed by atoms with Gasteiger partial charge < -0.3 is 4.74 Å². The van der Waals surface area contributed by atoms with Crippen LogP contribution in [0.5, 0.6) is 0 Å². The number of hydrogen-bond acceptors (Lipinski definition) is 3. The molecule has 0 aromatic heterocycles. The number of allylic oxidation sites excluding steroid dienone is 1. The standard InChI is InChI=1S/C9H11BrClNO2/c1-2-14-8(13)9(6-10)4-3-5-12-7(9)11/h3-5,7H,2,6H2,1H3. The van der Waals surface area contributed by atoms with Crippen molar-refractivity contribution in [3.8, 4) is 0 Å². The quantitative estimate of drug-likeness (QED) is 0.451. The molecule has 0 amide bonds. The van der Waals surface area contributed by atoms with Gasteiger partial charge in [0.1, 0.15) is 10.9 Å². The second-order valence-electron chi connectivity index (χ2n) is 2.89. The van der Waals surface area contributed by atoms with Crippen molar-refractivity contribution in [2.24, 2.45) is 10.4 Å². The molecule has 1 aliphatic rings. The monoisotopic (exact) mass is 279 g/mol. The molecule has 0 radical (unpaired) electrons. The Morgan fingerprint density at radius 2 is 2.50 bits per heavy atom. The number of aliphatic imine (C=N–C) groups is 1. The normalized spacial score (nSPS) is 30.4. The van der Waals surface area contributed by atoms with E-state index in [9.17, 15) is 4.79 Å². The van der Waals surface area contributed by atoms with Crippen molar-refractivity contribution < 1.29 is 9.53 Å². The topological polar surface area (TPSA) is 38.7 Å². The third-order valence-electron chi connectivity index (χ3n) is 2.00. The number of hydrogen-bond donors (Lipinski definition) is 0. The SMILES string of the molecule is CCOC(=O)C1(CBr)C=CC=NC1Cl. The zero-order chi connectivity index (χ0) is 10.6. The van der Waals surface area contributed by atoms with E-state index in [2.05, 4.69) is 20.9 Å². The predicted octanol–water partition coefficient (Wildman–Crippen LogP) is 2.14. The lowest BCUT2D eigenvalue weighted by Gasteiger charge is -2.29. The van der Waals surface area contributed by atoms with E-state index in [1.54, 1.807) is 25.3 Å². The van der Waals surface area contributed by atoms with Gasteiger partial charge in [-0.25, -0.2) is 0 Å². The molecule has 78 valence electrons. The first-order valence-corrected chi connectivity index (χ1v) is 5.81. The highest BCUT2D eigenvalue weighted by atomic mass is 79.9. The predicted molar refractivity (Wildman–Crippen MR) is 60.1 cm³/mol. The molecule has 0 aliphatic carbocycles. The van der Waals surface area contributed by atoms with E-state index in [4.69, 9.17) is 16.3 Å². The van der Waals surface area contributed by atoms with E-state index < -0.39 is 10.9 Å². The zero-order valence-electron chi connectivity index (χ0n) is 7.74. The summed E-state index contributed by atoms with van der Waals surface area (Å²) < 4.78 is 4.97. The summed E-state index contributed by atoms with van der Waals surface area (Å²) in [5, 5.41) is 0.404. The van der Waals surface area contributed by atoms with E-state index in [0.717, 1.165) is 0 Å². The van der Waals surface area contributed by atoms with Gasteiger partial charge in [0.15, 0.2) is 0 Å². The van der Waals surface area contributed by atoms with Crippen molar-refractivity contribution in [1.82, 2.24) is 0 Å². The minimum atomic E-state index is -0.869. The van der Waals surface area contributed by atoms with E-state index >= 15 is 0 Å². The second kappa shape index (κ2) is 4.94. The number of rotatable bonds is 3. The molecular formula is C9H11BrClNO2. The van der Waals surface area contributed by atoms with E-state index in [1.807, 2.05) is 0 Å². The highest BCUT2D eigenvalue weighted by Crippen LogP contribution is 2.34. The lowest BCUT2D eigenvalue weighted by Crippen LogP contribution is -2.41. The van der Waals surface area contributed by atoms with E-state index in [0.29, 0.717) is 11.9 Å². The number of nitrogens with zero attached hydrogens (tertiary/aromatic N) is 1. The maximum absolute atomic E-state index is 11.7. The summed E-state index contributed by atoms with van der Waals surface area (Å²) in [5.74, 6) is -0.343. The Bertz CT molecular complexity index is 280. The van der Waals surface area contributed by atoms with E-state index in [-0.39, 0.29) is 5.97 Å². The maximum atomic E-state index is 11.7. The van der Waals surface area contributed by atoms with Crippen molar-refractivity contribution in [2.45, 2.75) is 12.4 Å². The van der Waals surface area contributed by atoms with Crippen LogP contribution in [0.4, 0.5) is 0 Å². The first-order chi connectivity index (χ1) is 6.67. The third kappa shape index (κ3) is 2.01. The average Bonchev–Trinajstić information content (AvgIpc) is 2.19. The van der Waals surface area contributed by atoms with Gasteiger partial charge in [-0.1, -0.05) is 33.6 Å². The lowest BCUT2D eigenvalue weighted by atomic mass is 9.88. The summed E-state index contributed by atoms with van der Waals surface area (Å²) in [6.07, 6.45) is 5.01. The molecule has 0 aromatic carbocycles. The largest absolute Gasteiger partial charge is 0.465 e. The number of esters is 1. The van der Waals surface area contributed by atoms with Gasteiger partial charge in [0, 0.05) is 11.5 Å². The third-order valence-corrected chi connectivity index (χ3v) is 3.43. The second-order valence-corrected chi connectivity index (χ2v) is 3.86. The molecule has 0 aromatic rings. The molecule has 0 N–H and O–H groups in total. The molecule has 0 fully saturated rings. The molecular weight excluding hydrogens is 269 g/mol. The molecule has 0 saturated carbocycles. The summed E-state index contributed by atoms with van der Waals surface area (Å²) in [6.45, 7) is 2.10. The Kier molecular flexibility index (Phi) is 4.13. The molecule has 1 rings (SSSR count). The fourth-order valence-corrected chi connectivity index (χ4v) is 2.36. The Hall–Kier alpha value is -0.350. The maximum Gasteiger partial charge on any atom is 0.320 e. The summed E-state index contributed by atoms with van der Waals surface area (Å²) >= 11 is 9.26. The van der Waals surface area contributed by atoms with Gasteiger partial charge in [0.2, 0.25) is 0 Å². The lowest BCUT2D eigenvalue weighted by molar-refractivity contribution is -0.151. The zero-order valence-corrected chi connectivity index (χ0v) is 10.1. The van der Waals surface area contributed by atoms with Crippen LogP contribution in [0.2, 0.25) is 0 Å². The van der Waals surface area contributed by atoms with Gasteiger partial charge in [-0.2, -0.15) is 0 Å². The van der Waals surface area contributed by atoms with Crippen molar-refractivity contribution in [2.75, 3.05) is 11.9 Å². The first kappa shape index (κ1) is 11.7. The van der Waals surface area contributed by atoms with Crippen molar-refractivity contribution in [3.05, 3.63) is 12.2 Å². The van der Waals surface area contributed by atoms with Gasteiger partial charge in [-0.15, -0.1) is 0 Å². The summed E-state index contributed by atoms with van der Waals surface area (Å²) in [7, 11) is 0. The molecule has 0 bridgehead atoms. The Labute approximate surface area is 96.3 Å². The van der Waals surface area contributed by atoms with Crippen LogP contribution in [0, 0.1) is 5.41 Å². The number of carbonyl (C=O) groups is 1.